The third kappa shape index (κ3) is 3.50. The van der Waals surface area contributed by atoms with Crippen molar-refractivity contribution in [1.82, 2.24) is 4.90 Å². The maximum atomic E-state index is 12.6. The Morgan fingerprint density at radius 3 is 2.25 bits per heavy atom. The lowest BCUT2D eigenvalue weighted by molar-refractivity contribution is 0.0643. The van der Waals surface area contributed by atoms with E-state index in [1.807, 2.05) is 27.7 Å². The summed E-state index contributed by atoms with van der Waals surface area (Å²) < 4.78 is 0. The molecular formula is C15H21NO4. The fourth-order valence-corrected chi connectivity index (χ4v) is 2.02. The highest BCUT2D eigenvalue weighted by Crippen LogP contribution is 2.23. The SMILES string of the molecule is CC(C)CN(C(=O)c1cccc(O)c1C(=O)O)C(C)C. The normalized spacial score (nSPS) is 10.9. The van der Waals surface area contributed by atoms with Gasteiger partial charge in [0.2, 0.25) is 0 Å². The number of carboxylic acid groups (broad SMARTS) is 1. The number of phenols is 1. The minimum atomic E-state index is -1.31. The van der Waals surface area contributed by atoms with Crippen LogP contribution in [0.3, 0.4) is 0 Å². The molecule has 0 heterocycles. The summed E-state index contributed by atoms with van der Waals surface area (Å²) in [7, 11) is 0. The van der Waals surface area contributed by atoms with Gasteiger partial charge < -0.3 is 15.1 Å². The van der Waals surface area contributed by atoms with Crippen molar-refractivity contribution >= 4 is 11.9 Å². The lowest BCUT2D eigenvalue weighted by Crippen LogP contribution is -2.40. The van der Waals surface area contributed by atoms with Crippen molar-refractivity contribution in [3.05, 3.63) is 29.3 Å². The van der Waals surface area contributed by atoms with Gasteiger partial charge in [0, 0.05) is 12.6 Å². The zero-order valence-corrected chi connectivity index (χ0v) is 12.3. The first-order chi connectivity index (χ1) is 9.25. The Hall–Kier alpha value is -2.04. The molecular weight excluding hydrogens is 258 g/mol. The van der Waals surface area contributed by atoms with Crippen LogP contribution in [0.25, 0.3) is 0 Å². The van der Waals surface area contributed by atoms with Crippen molar-refractivity contribution in [3.63, 3.8) is 0 Å². The van der Waals surface area contributed by atoms with E-state index in [4.69, 9.17) is 5.11 Å². The molecule has 0 aliphatic rings. The number of carbonyl (C=O) groups excluding carboxylic acids is 1. The average Bonchev–Trinajstić information content (AvgIpc) is 2.33. The zero-order chi connectivity index (χ0) is 15.4. The smallest absolute Gasteiger partial charge is 0.340 e. The first-order valence-electron chi connectivity index (χ1n) is 6.62. The van der Waals surface area contributed by atoms with Crippen molar-refractivity contribution in [2.75, 3.05) is 6.54 Å². The van der Waals surface area contributed by atoms with E-state index < -0.39 is 11.7 Å². The number of hydrogen-bond donors (Lipinski definition) is 2. The van der Waals surface area contributed by atoms with E-state index >= 15 is 0 Å². The molecule has 0 aromatic heterocycles. The van der Waals surface area contributed by atoms with Crippen molar-refractivity contribution in [1.29, 1.82) is 0 Å². The lowest BCUT2D eigenvalue weighted by Gasteiger charge is -2.29. The molecule has 1 amide bonds. The summed E-state index contributed by atoms with van der Waals surface area (Å²) in [5.74, 6) is -1.80. The van der Waals surface area contributed by atoms with Crippen LogP contribution in [0.15, 0.2) is 18.2 Å². The molecule has 110 valence electrons. The minimum absolute atomic E-state index is 0.0202. The number of carboxylic acids is 1. The molecule has 0 saturated heterocycles. The van der Waals surface area contributed by atoms with E-state index in [9.17, 15) is 14.7 Å². The maximum absolute atomic E-state index is 12.6. The summed E-state index contributed by atoms with van der Waals surface area (Å²) in [5.41, 5.74) is -0.321. The standard InChI is InChI=1S/C15H21NO4/c1-9(2)8-16(10(3)4)14(18)11-6-5-7-12(17)13(11)15(19)20/h5-7,9-10,17H,8H2,1-4H3,(H,19,20). The Morgan fingerprint density at radius 2 is 1.80 bits per heavy atom. The second-order valence-corrected chi connectivity index (χ2v) is 5.45. The number of aromatic hydroxyl groups is 1. The Kier molecular flexibility index (Phi) is 5.13. The number of rotatable bonds is 5. The molecule has 0 saturated carbocycles. The van der Waals surface area contributed by atoms with Crippen LogP contribution in [-0.2, 0) is 0 Å². The topological polar surface area (TPSA) is 77.8 Å². The summed E-state index contributed by atoms with van der Waals surface area (Å²) in [4.78, 5) is 25.4. The van der Waals surface area contributed by atoms with E-state index in [1.165, 1.54) is 18.2 Å². The third-order valence-electron chi connectivity index (χ3n) is 2.93. The number of amides is 1. The van der Waals surface area contributed by atoms with Gasteiger partial charge in [-0.25, -0.2) is 4.79 Å². The Bertz CT molecular complexity index is 509. The molecule has 1 rings (SSSR count). The summed E-state index contributed by atoms with van der Waals surface area (Å²) in [6.45, 7) is 8.27. The van der Waals surface area contributed by atoms with Crippen LogP contribution in [-0.4, -0.2) is 39.6 Å². The van der Waals surface area contributed by atoms with Crippen LogP contribution in [0.5, 0.6) is 5.75 Å². The number of carbonyl (C=O) groups is 2. The van der Waals surface area contributed by atoms with Gasteiger partial charge in [-0.2, -0.15) is 0 Å². The largest absolute Gasteiger partial charge is 0.507 e. The molecule has 20 heavy (non-hydrogen) atoms. The van der Waals surface area contributed by atoms with Crippen LogP contribution in [0.2, 0.25) is 0 Å². The van der Waals surface area contributed by atoms with Gasteiger partial charge >= 0.3 is 5.97 Å². The predicted octanol–water partition coefficient (Wildman–Crippen LogP) is 2.60. The summed E-state index contributed by atoms with van der Waals surface area (Å²) >= 11 is 0. The summed E-state index contributed by atoms with van der Waals surface area (Å²) in [6.07, 6.45) is 0. The summed E-state index contributed by atoms with van der Waals surface area (Å²) in [6, 6.07) is 4.13. The van der Waals surface area contributed by atoms with Crippen molar-refractivity contribution in [3.8, 4) is 5.75 Å². The van der Waals surface area contributed by atoms with E-state index in [2.05, 4.69) is 0 Å². The van der Waals surface area contributed by atoms with Gasteiger partial charge in [0.1, 0.15) is 11.3 Å². The molecule has 5 heteroatoms. The van der Waals surface area contributed by atoms with Gasteiger partial charge in [0.15, 0.2) is 0 Å². The summed E-state index contributed by atoms with van der Waals surface area (Å²) in [5, 5.41) is 18.8. The van der Waals surface area contributed by atoms with Gasteiger partial charge in [0.05, 0.1) is 5.56 Å². The average molecular weight is 279 g/mol. The quantitative estimate of drug-likeness (QED) is 0.868. The van der Waals surface area contributed by atoms with Crippen LogP contribution in [0.4, 0.5) is 0 Å². The van der Waals surface area contributed by atoms with Crippen molar-refractivity contribution in [2.45, 2.75) is 33.7 Å². The minimum Gasteiger partial charge on any atom is -0.507 e. The Balaban J connectivity index is 3.25. The second-order valence-electron chi connectivity index (χ2n) is 5.45. The molecule has 2 N–H and O–H groups in total. The fourth-order valence-electron chi connectivity index (χ4n) is 2.02. The molecule has 0 atom stereocenters. The lowest BCUT2D eigenvalue weighted by atomic mass is 10.0. The van der Waals surface area contributed by atoms with Crippen molar-refractivity contribution in [2.24, 2.45) is 5.92 Å². The second kappa shape index (κ2) is 6.41. The van der Waals surface area contributed by atoms with Crippen LogP contribution >= 0.6 is 0 Å². The molecule has 0 bridgehead atoms. The van der Waals surface area contributed by atoms with E-state index in [1.54, 1.807) is 4.90 Å². The number of benzene rings is 1. The van der Waals surface area contributed by atoms with Gasteiger partial charge in [-0.3, -0.25) is 4.79 Å². The molecule has 5 nitrogen and oxygen atoms in total. The molecule has 1 aromatic rings. The molecule has 0 aliphatic heterocycles. The van der Waals surface area contributed by atoms with Gasteiger partial charge in [0.25, 0.3) is 5.91 Å². The highest BCUT2D eigenvalue weighted by Gasteiger charge is 2.26. The molecule has 0 spiro atoms. The number of nitrogens with zero attached hydrogens (tertiary/aromatic N) is 1. The number of aromatic carboxylic acids is 1. The van der Waals surface area contributed by atoms with Crippen LogP contribution in [0.1, 0.15) is 48.4 Å². The van der Waals surface area contributed by atoms with Gasteiger partial charge in [-0.1, -0.05) is 19.9 Å². The van der Waals surface area contributed by atoms with E-state index in [-0.39, 0.29) is 29.0 Å². The monoisotopic (exact) mass is 279 g/mol. The number of hydrogen-bond acceptors (Lipinski definition) is 3. The highest BCUT2D eigenvalue weighted by atomic mass is 16.4. The fraction of sp³-hybridized carbons (Fsp3) is 0.467. The third-order valence-corrected chi connectivity index (χ3v) is 2.93. The van der Waals surface area contributed by atoms with E-state index in [0.29, 0.717) is 6.54 Å². The molecule has 1 aromatic carbocycles. The Labute approximate surface area is 118 Å². The maximum Gasteiger partial charge on any atom is 0.340 e. The van der Waals surface area contributed by atoms with Crippen LogP contribution < -0.4 is 0 Å². The molecule has 0 fully saturated rings. The predicted molar refractivity (Wildman–Crippen MR) is 76.1 cm³/mol. The zero-order valence-electron chi connectivity index (χ0n) is 12.3. The van der Waals surface area contributed by atoms with Gasteiger partial charge in [-0.15, -0.1) is 0 Å². The Morgan fingerprint density at radius 1 is 1.20 bits per heavy atom. The first kappa shape index (κ1) is 16.0. The molecule has 0 aliphatic carbocycles. The molecule has 0 radical (unpaired) electrons. The van der Waals surface area contributed by atoms with E-state index in [0.717, 1.165) is 0 Å². The highest BCUT2D eigenvalue weighted by molar-refractivity contribution is 6.06. The van der Waals surface area contributed by atoms with Crippen molar-refractivity contribution < 1.29 is 19.8 Å². The van der Waals surface area contributed by atoms with Crippen LogP contribution in [0, 0.1) is 5.92 Å². The van der Waals surface area contributed by atoms with Gasteiger partial charge in [-0.05, 0) is 31.9 Å². The molecule has 0 unspecified atom stereocenters. The first-order valence-corrected chi connectivity index (χ1v) is 6.62.